The molecule has 4 rings (SSSR count). The molecule has 4 nitrogen and oxygen atoms in total. The maximum absolute atomic E-state index is 13.9. The highest BCUT2D eigenvalue weighted by atomic mass is 79.9. The molecule has 0 radical (unpaired) electrons. The SMILES string of the molecule is O=C(NCc1ccc(Br)cc1F)C1[C@H](C(=O)O)[C@H]2C=C[C@@H]1C21CC1. The van der Waals surface area contributed by atoms with E-state index in [9.17, 15) is 19.1 Å². The minimum Gasteiger partial charge on any atom is -0.481 e. The molecule has 2 saturated carbocycles. The van der Waals surface area contributed by atoms with Gasteiger partial charge in [0.05, 0.1) is 11.8 Å². The molecule has 0 aliphatic heterocycles. The molecular formula is C18H17BrFNO3. The smallest absolute Gasteiger partial charge is 0.307 e. The van der Waals surface area contributed by atoms with Gasteiger partial charge in [0.2, 0.25) is 5.91 Å². The molecule has 6 heteroatoms. The number of allylic oxidation sites excluding steroid dienone is 2. The second-order valence-electron chi connectivity index (χ2n) is 7.01. The summed E-state index contributed by atoms with van der Waals surface area (Å²) in [7, 11) is 0. The van der Waals surface area contributed by atoms with E-state index in [1.807, 2.05) is 12.2 Å². The lowest BCUT2D eigenvalue weighted by Gasteiger charge is -2.23. The number of aliphatic carboxylic acids is 1. The van der Waals surface area contributed by atoms with E-state index < -0.39 is 23.6 Å². The van der Waals surface area contributed by atoms with Crippen molar-refractivity contribution in [1.29, 1.82) is 0 Å². The second-order valence-corrected chi connectivity index (χ2v) is 7.93. The van der Waals surface area contributed by atoms with Crippen LogP contribution in [-0.2, 0) is 16.1 Å². The van der Waals surface area contributed by atoms with Gasteiger partial charge >= 0.3 is 5.97 Å². The predicted molar refractivity (Wildman–Crippen MR) is 88.3 cm³/mol. The van der Waals surface area contributed by atoms with Crippen LogP contribution >= 0.6 is 15.9 Å². The Kier molecular flexibility index (Phi) is 3.56. The van der Waals surface area contributed by atoms with Gasteiger partial charge in [-0.3, -0.25) is 9.59 Å². The van der Waals surface area contributed by atoms with Crippen LogP contribution in [0.25, 0.3) is 0 Å². The average Bonchev–Trinajstić information content (AvgIpc) is 3.19. The van der Waals surface area contributed by atoms with E-state index in [1.54, 1.807) is 12.1 Å². The lowest BCUT2D eigenvalue weighted by atomic mass is 9.82. The van der Waals surface area contributed by atoms with Crippen molar-refractivity contribution in [3.8, 4) is 0 Å². The molecule has 2 fully saturated rings. The second kappa shape index (κ2) is 5.41. The third kappa shape index (κ3) is 2.23. The first-order chi connectivity index (χ1) is 11.4. The molecule has 1 aromatic rings. The van der Waals surface area contributed by atoms with E-state index >= 15 is 0 Å². The number of rotatable bonds is 4. The van der Waals surface area contributed by atoms with E-state index in [0.29, 0.717) is 10.0 Å². The monoisotopic (exact) mass is 393 g/mol. The number of hydrogen-bond donors (Lipinski definition) is 2. The number of carboxylic acid groups (broad SMARTS) is 1. The zero-order valence-electron chi connectivity index (χ0n) is 12.8. The molecular weight excluding hydrogens is 377 g/mol. The van der Waals surface area contributed by atoms with Gasteiger partial charge in [-0.25, -0.2) is 4.39 Å². The summed E-state index contributed by atoms with van der Waals surface area (Å²) in [5.41, 5.74) is 0.381. The fourth-order valence-corrected chi connectivity index (χ4v) is 4.99. The lowest BCUT2D eigenvalue weighted by Crippen LogP contribution is -2.40. The topological polar surface area (TPSA) is 66.4 Å². The number of benzene rings is 1. The van der Waals surface area contributed by atoms with Crippen LogP contribution in [0.15, 0.2) is 34.8 Å². The summed E-state index contributed by atoms with van der Waals surface area (Å²) in [5.74, 6) is -2.86. The van der Waals surface area contributed by atoms with Crippen LogP contribution in [0.2, 0.25) is 0 Å². The lowest BCUT2D eigenvalue weighted by molar-refractivity contribution is -0.147. The summed E-state index contributed by atoms with van der Waals surface area (Å²) < 4.78 is 14.5. The molecule has 24 heavy (non-hydrogen) atoms. The molecule has 1 amide bonds. The summed E-state index contributed by atoms with van der Waals surface area (Å²) in [6.07, 6.45) is 5.98. The van der Waals surface area contributed by atoms with Crippen LogP contribution < -0.4 is 5.32 Å². The van der Waals surface area contributed by atoms with Gasteiger partial charge in [0.15, 0.2) is 0 Å². The van der Waals surface area contributed by atoms with Crippen LogP contribution in [0, 0.1) is 34.9 Å². The Morgan fingerprint density at radius 3 is 2.50 bits per heavy atom. The van der Waals surface area contributed by atoms with Crippen molar-refractivity contribution in [3.05, 3.63) is 46.2 Å². The third-order valence-corrected chi connectivity index (χ3v) is 6.39. The van der Waals surface area contributed by atoms with E-state index in [4.69, 9.17) is 0 Å². The fourth-order valence-electron chi connectivity index (χ4n) is 4.66. The number of halogens is 2. The molecule has 0 aromatic heterocycles. The zero-order chi connectivity index (χ0) is 17.1. The molecule has 0 saturated heterocycles. The maximum atomic E-state index is 13.9. The maximum Gasteiger partial charge on any atom is 0.307 e. The molecule has 1 aromatic carbocycles. The first-order valence-electron chi connectivity index (χ1n) is 8.07. The summed E-state index contributed by atoms with van der Waals surface area (Å²) in [6.45, 7) is 0.0644. The van der Waals surface area contributed by atoms with Crippen LogP contribution in [0.4, 0.5) is 4.39 Å². The number of amides is 1. The van der Waals surface area contributed by atoms with Crippen LogP contribution in [0.5, 0.6) is 0 Å². The Morgan fingerprint density at radius 2 is 1.92 bits per heavy atom. The van der Waals surface area contributed by atoms with E-state index in [0.717, 1.165) is 12.8 Å². The number of carbonyl (C=O) groups excluding carboxylic acids is 1. The molecule has 3 aliphatic rings. The summed E-state index contributed by atoms with van der Waals surface area (Å²) in [6, 6.07) is 4.67. The largest absolute Gasteiger partial charge is 0.481 e. The summed E-state index contributed by atoms with van der Waals surface area (Å²) in [5, 5.41) is 12.3. The molecule has 1 unspecified atom stereocenters. The molecule has 0 heterocycles. The highest BCUT2D eigenvalue weighted by Crippen LogP contribution is 2.71. The van der Waals surface area contributed by atoms with Crippen molar-refractivity contribution < 1.29 is 19.1 Å². The van der Waals surface area contributed by atoms with E-state index in [2.05, 4.69) is 21.2 Å². The number of carboxylic acids is 1. The molecule has 2 N–H and O–H groups in total. The molecule has 2 bridgehead atoms. The first-order valence-corrected chi connectivity index (χ1v) is 8.86. The van der Waals surface area contributed by atoms with Crippen molar-refractivity contribution in [2.45, 2.75) is 19.4 Å². The van der Waals surface area contributed by atoms with Gasteiger partial charge in [0, 0.05) is 16.6 Å². The van der Waals surface area contributed by atoms with Gasteiger partial charge in [0.25, 0.3) is 0 Å². The van der Waals surface area contributed by atoms with Crippen molar-refractivity contribution in [3.63, 3.8) is 0 Å². The molecule has 126 valence electrons. The Bertz CT molecular complexity index is 759. The average molecular weight is 394 g/mol. The predicted octanol–water partition coefficient (Wildman–Crippen LogP) is 3.12. The number of carbonyl (C=O) groups is 2. The highest BCUT2D eigenvalue weighted by Gasteiger charge is 2.70. The van der Waals surface area contributed by atoms with Gasteiger partial charge in [-0.2, -0.15) is 0 Å². The zero-order valence-corrected chi connectivity index (χ0v) is 14.4. The molecule has 3 aliphatic carbocycles. The molecule has 1 spiro atoms. The third-order valence-electron chi connectivity index (χ3n) is 5.90. The van der Waals surface area contributed by atoms with E-state index in [1.165, 1.54) is 6.07 Å². The quantitative estimate of drug-likeness (QED) is 0.772. The van der Waals surface area contributed by atoms with E-state index in [-0.39, 0.29) is 29.7 Å². The van der Waals surface area contributed by atoms with Crippen molar-refractivity contribution in [1.82, 2.24) is 5.32 Å². The van der Waals surface area contributed by atoms with Gasteiger partial charge < -0.3 is 10.4 Å². The number of hydrogen-bond acceptors (Lipinski definition) is 2. The molecule has 4 atom stereocenters. The Balaban J connectivity index is 1.51. The van der Waals surface area contributed by atoms with Crippen LogP contribution in [-0.4, -0.2) is 17.0 Å². The Morgan fingerprint density at radius 1 is 1.25 bits per heavy atom. The van der Waals surface area contributed by atoms with Crippen LogP contribution in [0.3, 0.4) is 0 Å². The van der Waals surface area contributed by atoms with Crippen molar-refractivity contribution >= 4 is 27.8 Å². The normalized spacial score (nSPS) is 31.4. The van der Waals surface area contributed by atoms with Crippen molar-refractivity contribution in [2.24, 2.45) is 29.1 Å². The minimum atomic E-state index is -0.909. The van der Waals surface area contributed by atoms with Gasteiger partial charge in [-0.05, 0) is 42.2 Å². The van der Waals surface area contributed by atoms with Crippen LogP contribution in [0.1, 0.15) is 18.4 Å². The minimum absolute atomic E-state index is 0.00151. The van der Waals surface area contributed by atoms with Gasteiger partial charge in [0.1, 0.15) is 5.82 Å². The standard InChI is InChI=1S/C18H17BrFNO3/c19-10-2-1-9(13(20)7-10)8-21-16(22)14-11-3-4-12(15(14)17(23)24)18(11)5-6-18/h1-4,7,11-12,14-15H,5-6,8H2,(H,21,22)(H,23,24)/t11-,12+,14?,15+/m0/s1. The Hall–Kier alpha value is -1.69. The van der Waals surface area contributed by atoms with Gasteiger partial charge in [-0.15, -0.1) is 0 Å². The summed E-state index contributed by atoms with van der Waals surface area (Å²) >= 11 is 3.20. The Labute approximate surface area is 147 Å². The fraction of sp³-hybridized carbons (Fsp3) is 0.444. The van der Waals surface area contributed by atoms with Gasteiger partial charge in [-0.1, -0.05) is 34.1 Å². The first kappa shape index (κ1) is 15.8. The van der Waals surface area contributed by atoms with Crippen molar-refractivity contribution in [2.75, 3.05) is 0 Å². The highest BCUT2D eigenvalue weighted by molar-refractivity contribution is 9.10. The summed E-state index contributed by atoms with van der Waals surface area (Å²) in [4.78, 5) is 24.4. The number of nitrogens with one attached hydrogen (secondary N) is 1.